The number of methoxy groups -OCH3 is 2. The van der Waals surface area contributed by atoms with Crippen LogP contribution in [0.4, 0.5) is 0 Å². The van der Waals surface area contributed by atoms with Gasteiger partial charge in [-0.25, -0.2) is 0 Å². The summed E-state index contributed by atoms with van der Waals surface area (Å²) in [4.78, 5) is 13.5. The van der Waals surface area contributed by atoms with Gasteiger partial charge >= 0.3 is 0 Å². The van der Waals surface area contributed by atoms with Crippen LogP contribution in [0.5, 0.6) is 28.7 Å². The van der Waals surface area contributed by atoms with Crippen LogP contribution >= 0.6 is 0 Å². The first-order chi connectivity index (χ1) is 16.7. The van der Waals surface area contributed by atoms with Crippen LogP contribution in [0.2, 0.25) is 0 Å². The van der Waals surface area contributed by atoms with Crippen LogP contribution in [0.25, 0.3) is 22.3 Å². The van der Waals surface area contributed by atoms with Crippen molar-refractivity contribution in [2.75, 3.05) is 20.8 Å². The highest BCUT2D eigenvalue weighted by Crippen LogP contribution is 2.39. The molecule has 1 aliphatic rings. The molecular weight excluding hydrogens is 468 g/mol. The van der Waals surface area contributed by atoms with Gasteiger partial charge in [0.1, 0.15) is 46.9 Å². The Morgan fingerprint density at radius 1 is 0.943 bits per heavy atom. The highest BCUT2D eigenvalue weighted by Gasteiger charge is 2.45. The zero-order valence-electron chi connectivity index (χ0n) is 18.6. The monoisotopic (exact) mass is 492 g/mol. The maximum absolute atomic E-state index is 13.5. The van der Waals surface area contributed by atoms with Gasteiger partial charge < -0.3 is 54.0 Å². The molecule has 0 amide bonds. The first kappa shape index (κ1) is 24.6. The molecule has 12 nitrogen and oxygen atoms in total. The van der Waals surface area contributed by atoms with Crippen LogP contribution in [0.3, 0.4) is 0 Å². The summed E-state index contributed by atoms with van der Waals surface area (Å²) < 4.78 is 27.2. The number of aliphatic hydroxyl groups is 4. The molecule has 0 saturated carbocycles. The summed E-state index contributed by atoms with van der Waals surface area (Å²) in [6.07, 6.45) is -8.20. The van der Waals surface area contributed by atoms with Crippen molar-refractivity contribution in [2.45, 2.75) is 30.7 Å². The van der Waals surface area contributed by atoms with Crippen LogP contribution in [0, 0.1) is 0 Å². The molecule has 3 aromatic rings. The Hall–Kier alpha value is -3.55. The summed E-state index contributed by atoms with van der Waals surface area (Å²) >= 11 is 0. The second kappa shape index (κ2) is 9.60. The first-order valence-corrected chi connectivity index (χ1v) is 10.4. The molecule has 5 atom stereocenters. The summed E-state index contributed by atoms with van der Waals surface area (Å²) in [5, 5.41) is 60.1. The molecule has 0 unspecified atom stereocenters. The largest absolute Gasteiger partial charge is 0.507 e. The van der Waals surface area contributed by atoms with Crippen LogP contribution in [-0.2, 0) is 4.74 Å². The second-order valence-corrected chi connectivity index (χ2v) is 7.81. The lowest BCUT2D eigenvalue weighted by atomic mass is 9.99. The van der Waals surface area contributed by atoms with Gasteiger partial charge in [0, 0.05) is 17.7 Å². The number of benzene rings is 2. The fourth-order valence-corrected chi connectivity index (χ4v) is 3.77. The SMILES string of the molecule is COc1cc(O)c2c(=O)c(O[C@@H]3O[C@H](CO)[C@@H](O)[C@@H](O)[C@H]3O)c(-c3ccc(O)c(OC)c3)oc2c1. The molecule has 1 aliphatic heterocycles. The van der Waals surface area contributed by atoms with Crippen molar-refractivity contribution in [1.29, 1.82) is 0 Å². The minimum absolute atomic E-state index is 0.0533. The van der Waals surface area contributed by atoms with Gasteiger partial charge in [0.25, 0.3) is 0 Å². The molecule has 2 heterocycles. The molecule has 0 radical (unpaired) electrons. The maximum atomic E-state index is 13.5. The van der Waals surface area contributed by atoms with Gasteiger partial charge in [0.15, 0.2) is 17.3 Å². The van der Waals surface area contributed by atoms with Crippen LogP contribution < -0.4 is 19.6 Å². The molecule has 0 bridgehead atoms. The van der Waals surface area contributed by atoms with Crippen molar-refractivity contribution < 1.29 is 54.0 Å². The highest BCUT2D eigenvalue weighted by atomic mass is 16.7. The molecule has 0 aliphatic carbocycles. The first-order valence-electron chi connectivity index (χ1n) is 10.4. The number of phenols is 2. The smallest absolute Gasteiger partial charge is 0.239 e. The van der Waals surface area contributed by atoms with Gasteiger partial charge in [-0.3, -0.25) is 4.79 Å². The Labute approximate surface area is 197 Å². The summed E-state index contributed by atoms with van der Waals surface area (Å²) in [5.74, 6) is -1.11. The Balaban J connectivity index is 1.92. The van der Waals surface area contributed by atoms with E-state index in [-0.39, 0.29) is 39.5 Å². The lowest BCUT2D eigenvalue weighted by molar-refractivity contribution is -0.277. The number of rotatable bonds is 6. The van der Waals surface area contributed by atoms with E-state index in [1.807, 2.05) is 0 Å². The molecule has 2 aromatic carbocycles. The Bertz CT molecular complexity index is 1280. The average molecular weight is 492 g/mol. The topological polar surface area (TPSA) is 189 Å². The van der Waals surface area contributed by atoms with E-state index in [4.69, 9.17) is 23.4 Å². The van der Waals surface area contributed by atoms with E-state index in [1.54, 1.807) is 0 Å². The summed E-state index contributed by atoms with van der Waals surface area (Å²) in [6.45, 7) is -0.709. The Morgan fingerprint density at radius 2 is 1.69 bits per heavy atom. The third-order valence-corrected chi connectivity index (χ3v) is 5.67. The Morgan fingerprint density at radius 3 is 2.34 bits per heavy atom. The molecule has 0 spiro atoms. The molecule has 35 heavy (non-hydrogen) atoms. The molecule has 1 fully saturated rings. The standard InChI is InChI=1S/C23H24O12/c1-31-10-6-12(26)16-14(7-10)33-21(9-3-4-11(25)13(5-9)32-2)22(18(16)28)35-23-20(30)19(29)17(27)15(8-24)34-23/h3-7,15,17,19-20,23-27,29-30H,8H2,1-2H3/t15-,17-,19-,20-,23+/m1/s1. The summed E-state index contributed by atoms with van der Waals surface area (Å²) in [6, 6.07) is 6.62. The van der Waals surface area contributed by atoms with Crippen LogP contribution in [0.1, 0.15) is 0 Å². The van der Waals surface area contributed by atoms with Crippen molar-refractivity contribution in [3.8, 4) is 40.1 Å². The second-order valence-electron chi connectivity index (χ2n) is 7.81. The van der Waals surface area contributed by atoms with Gasteiger partial charge in [-0.2, -0.15) is 0 Å². The van der Waals surface area contributed by atoms with Crippen LogP contribution in [0.15, 0.2) is 39.5 Å². The van der Waals surface area contributed by atoms with Gasteiger partial charge in [0.05, 0.1) is 20.8 Å². The van der Waals surface area contributed by atoms with Crippen LogP contribution in [-0.4, -0.2) is 82.2 Å². The zero-order chi connectivity index (χ0) is 25.4. The zero-order valence-corrected chi connectivity index (χ0v) is 18.6. The van der Waals surface area contributed by atoms with Gasteiger partial charge in [-0.15, -0.1) is 0 Å². The van der Waals surface area contributed by atoms with E-state index in [9.17, 15) is 35.4 Å². The molecular formula is C23H24O12. The highest BCUT2D eigenvalue weighted by molar-refractivity contribution is 5.88. The van der Waals surface area contributed by atoms with E-state index >= 15 is 0 Å². The van der Waals surface area contributed by atoms with Crippen molar-refractivity contribution in [2.24, 2.45) is 0 Å². The predicted molar refractivity (Wildman–Crippen MR) is 119 cm³/mol. The van der Waals surface area contributed by atoms with Crippen molar-refractivity contribution >= 4 is 11.0 Å². The number of fused-ring (bicyclic) bond motifs is 1. The van der Waals surface area contributed by atoms with Gasteiger partial charge in [-0.1, -0.05) is 0 Å². The van der Waals surface area contributed by atoms with E-state index < -0.39 is 54.2 Å². The number of aliphatic hydroxyl groups excluding tert-OH is 4. The number of hydrogen-bond donors (Lipinski definition) is 6. The molecule has 4 rings (SSSR count). The Kier molecular flexibility index (Phi) is 6.74. The predicted octanol–water partition coefficient (Wildman–Crippen LogP) is 0.0671. The van der Waals surface area contributed by atoms with Gasteiger partial charge in [-0.05, 0) is 18.2 Å². The lowest BCUT2D eigenvalue weighted by Crippen LogP contribution is -2.60. The lowest BCUT2D eigenvalue weighted by Gasteiger charge is -2.39. The van der Waals surface area contributed by atoms with Crippen molar-refractivity contribution in [1.82, 2.24) is 0 Å². The fourth-order valence-electron chi connectivity index (χ4n) is 3.77. The van der Waals surface area contributed by atoms with E-state index in [0.29, 0.717) is 0 Å². The minimum Gasteiger partial charge on any atom is -0.507 e. The van der Waals surface area contributed by atoms with Crippen molar-refractivity contribution in [3.05, 3.63) is 40.6 Å². The van der Waals surface area contributed by atoms with E-state index in [1.165, 1.54) is 44.6 Å². The quantitative estimate of drug-likeness (QED) is 0.272. The molecule has 12 heteroatoms. The molecule has 1 aromatic heterocycles. The number of ether oxygens (including phenoxy) is 4. The number of hydrogen-bond acceptors (Lipinski definition) is 12. The number of aromatic hydroxyl groups is 2. The normalized spacial score (nSPS) is 24.3. The maximum Gasteiger partial charge on any atom is 0.239 e. The van der Waals surface area contributed by atoms with Crippen molar-refractivity contribution in [3.63, 3.8) is 0 Å². The van der Waals surface area contributed by atoms with E-state index in [0.717, 1.165) is 0 Å². The molecule has 1 saturated heterocycles. The number of phenolic OH excluding ortho intramolecular Hbond substituents is 2. The molecule has 6 N–H and O–H groups in total. The summed E-state index contributed by atoms with van der Waals surface area (Å²) in [5.41, 5.74) is -0.707. The third kappa shape index (κ3) is 4.33. The summed E-state index contributed by atoms with van der Waals surface area (Å²) in [7, 11) is 2.69. The van der Waals surface area contributed by atoms with E-state index in [2.05, 4.69) is 0 Å². The molecule has 188 valence electrons. The van der Waals surface area contributed by atoms with Gasteiger partial charge in [0.2, 0.25) is 17.5 Å². The fraction of sp³-hybridized carbons (Fsp3) is 0.348. The third-order valence-electron chi connectivity index (χ3n) is 5.67. The minimum atomic E-state index is -1.81. The average Bonchev–Trinajstić information content (AvgIpc) is 2.85.